The van der Waals surface area contributed by atoms with Crippen LogP contribution in [0.25, 0.3) is 0 Å². The van der Waals surface area contributed by atoms with Crippen LogP contribution in [0.2, 0.25) is 0 Å². The van der Waals surface area contributed by atoms with Crippen LogP contribution in [-0.2, 0) is 32.7 Å². The number of rotatable bonds is 50. The second-order valence-corrected chi connectivity index (χ2v) is 19.2. The molecule has 0 aliphatic carbocycles. The Kier molecular flexibility index (Phi) is 47.2. The Hall–Kier alpha value is -1.25. The molecule has 0 aromatic carbocycles. The predicted molar refractivity (Wildman–Crippen MR) is 257 cm³/mol. The van der Waals surface area contributed by atoms with Gasteiger partial charge in [-0.05, 0) is 38.5 Å². The summed E-state index contributed by atoms with van der Waals surface area (Å²) in [4.78, 5) is 35.1. The zero-order valence-corrected chi connectivity index (χ0v) is 41.1. The van der Waals surface area contributed by atoms with Gasteiger partial charge < -0.3 is 20.1 Å². The van der Waals surface area contributed by atoms with E-state index in [1.54, 1.807) is 0 Å². The highest BCUT2D eigenvalue weighted by Crippen LogP contribution is 2.43. The summed E-state index contributed by atoms with van der Waals surface area (Å²) in [5.41, 5.74) is 5.37. The lowest BCUT2D eigenvalue weighted by Crippen LogP contribution is -2.29. The Morgan fingerprint density at radius 2 is 0.803 bits per heavy atom. The van der Waals surface area contributed by atoms with Crippen molar-refractivity contribution in [2.24, 2.45) is 5.73 Å². The molecule has 1 unspecified atom stereocenters. The quantitative estimate of drug-likeness (QED) is 0.0265. The molecule has 2 atom stereocenters. The van der Waals surface area contributed by atoms with Crippen LogP contribution in [0.5, 0.6) is 0 Å². The summed E-state index contributed by atoms with van der Waals surface area (Å²) >= 11 is 0. The van der Waals surface area contributed by atoms with E-state index in [9.17, 15) is 19.0 Å². The number of esters is 2. The molecule has 61 heavy (non-hydrogen) atoms. The van der Waals surface area contributed by atoms with Crippen molar-refractivity contribution in [3.63, 3.8) is 0 Å². The molecule has 0 saturated carbocycles. The average Bonchev–Trinajstić information content (AvgIpc) is 3.25. The van der Waals surface area contributed by atoms with Crippen molar-refractivity contribution in [2.45, 2.75) is 277 Å². The van der Waals surface area contributed by atoms with E-state index in [1.165, 1.54) is 205 Å². The summed E-state index contributed by atoms with van der Waals surface area (Å²) in [7, 11) is -4.38. The first-order valence-electron chi connectivity index (χ1n) is 26.2. The van der Waals surface area contributed by atoms with Gasteiger partial charge in [-0.1, -0.05) is 231 Å². The number of phosphoric ester groups is 1. The molecule has 362 valence electrons. The van der Waals surface area contributed by atoms with Gasteiger partial charge in [0.05, 0.1) is 13.2 Å². The van der Waals surface area contributed by atoms with E-state index < -0.39 is 26.5 Å². The summed E-state index contributed by atoms with van der Waals surface area (Å²) in [6.45, 7) is 3.79. The maximum Gasteiger partial charge on any atom is 0.472 e. The number of unbranched alkanes of at least 4 members (excludes halogenated alkanes) is 35. The molecule has 3 N–H and O–H groups in total. The van der Waals surface area contributed by atoms with Crippen LogP contribution in [0.4, 0.5) is 0 Å². The normalized spacial score (nSPS) is 13.2. The molecule has 0 aliphatic heterocycles. The van der Waals surface area contributed by atoms with Gasteiger partial charge in [0.2, 0.25) is 0 Å². The van der Waals surface area contributed by atoms with Crippen LogP contribution in [0.15, 0.2) is 12.2 Å². The molecule has 0 bridgehead atoms. The fourth-order valence-corrected chi connectivity index (χ4v) is 8.52. The van der Waals surface area contributed by atoms with Gasteiger partial charge in [0.25, 0.3) is 0 Å². The Balaban J connectivity index is 4.00. The number of ether oxygens (including phenoxy) is 2. The van der Waals surface area contributed by atoms with E-state index >= 15 is 0 Å². The molecule has 0 aromatic rings. The van der Waals surface area contributed by atoms with Gasteiger partial charge in [-0.25, -0.2) is 4.57 Å². The molecule has 0 rings (SSSR count). The van der Waals surface area contributed by atoms with Crippen molar-refractivity contribution >= 4 is 19.8 Å². The molecule has 9 nitrogen and oxygen atoms in total. The monoisotopic (exact) mass is 886 g/mol. The maximum absolute atomic E-state index is 12.7. The molecule has 0 fully saturated rings. The summed E-state index contributed by atoms with van der Waals surface area (Å²) in [5.74, 6) is -0.813. The minimum absolute atomic E-state index is 0.0565. The third kappa shape index (κ3) is 48.1. The Bertz CT molecular complexity index is 1010. The third-order valence-corrected chi connectivity index (χ3v) is 12.6. The molecule has 0 amide bonds. The minimum Gasteiger partial charge on any atom is -0.462 e. The largest absolute Gasteiger partial charge is 0.472 e. The van der Waals surface area contributed by atoms with Gasteiger partial charge in [-0.2, -0.15) is 0 Å². The first-order chi connectivity index (χ1) is 29.8. The summed E-state index contributed by atoms with van der Waals surface area (Å²) in [6, 6.07) is 0. The lowest BCUT2D eigenvalue weighted by Gasteiger charge is -2.19. The highest BCUT2D eigenvalue weighted by molar-refractivity contribution is 7.47. The highest BCUT2D eigenvalue weighted by Gasteiger charge is 2.26. The molecule has 0 aromatic heterocycles. The first kappa shape index (κ1) is 59.8. The third-order valence-electron chi connectivity index (χ3n) is 11.7. The second-order valence-electron chi connectivity index (χ2n) is 17.8. The lowest BCUT2D eigenvalue weighted by molar-refractivity contribution is -0.161. The number of phosphoric acid groups is 1. The number of carbonyl (C=O) groups is 2. The van der Waals surface area contributed by atoms with Gasteiger partial charge in [0, 0.05) is 19.4 Å². The van der Waals surface area contributed by atoms with Crippen LogP contribution in [-0.4, -0.2) is 49.3 Å². The molecule has 0 aliphatic rings. The van der Waals surface area contributed by atoms with Crippen LogP contribution >= 0.6 is 7.82 Å². The molecule has 0 heterocycles. The van der Waals surface area contributed by atoms with Crippen molar-refractivity contribution in [2.75, 3.05) is 26.4 Å². The molecule has 0 radical (unpaired) electrons. The molecule has 0 saturated heterocycles. The molecule has 10 heteroatoms. The van der Waals surface area contributed by atoms with Crippen molar-refractivity contribution in [1.29, 1.82) is 0 Å². The van der Waals surface area contributed by atoms with Crippen molar-refractivity contribution < 1.29 is 37.6 Å². The number of allylic oxidation sites excluding steroid dienone is 2. The van der Waals surface area contributed by atoms with E-state index in [2.05, 4.69) is 26.0 Å². The van der Waals surface area contributed by atoms with Crippen LogP contribution < -0.4 is 5.73 Å². The second kappa shape index (κ2) is 48.2. The smallest absolute Gasteiger partial charge is 0.462 e. The van der Waals surface area contributed by atoms with E-state index in [1.807, 2.05) is 0 Å². The van der Waals surface area contributed by atoms with Crippen molar-refractivity contribution in [1.82, 2.24) is 0 Å². The van der Waals surface area contributed by atoms with Crippen LogP contribution in [0.1, 0.15) is 271 Å². The first-order valence-corrected chi connectivity index (χ1v) is 27.7. The number of carbonyl (C=O) groups excluding carboxylic acids is 2. The van der Waals surface area contributed by atoms with Crippen LogP contribution in [0, 0.1) is 0 Å². The summed E-state index contributed by atoms with van der Waals surface area (Å²) < 4.78 is 33.0. The lowest BCUT2D eigenvalue weighted by atomic mass is 10.0. The van der Waals surface area contributed by atoms with Gasteiger partial charge in [0.1, 0.15) is 6.61 Å². The zero-order valence-electron chi connectivity index (χ0n) is 40.2. The van der Waals surface area contributed by atoms with Crippen LogP contribution in [0.3, 0.4) is 0 Å². The SMILES string of the molecule is CCCCCCCC/C=C/CCCCCCCCCCCC(=O)OC[C@H](COP(=O)(O)OCCN)OC(=O)CCCCCCCCCCCCCCCCCCCCCCC. The fourth-order valence-electron chi connectivity index (χ4n) is 7.75. The minimum atomic E-state index is -4.38. The van der Waals surface area contributed by atoms with Gasteiger partial charge in [0.15, 0.2) is 6.10 Å². The average molecular weight is 886 g/mol. The number of hydrogen-bond acceptors (Lipinski definition) is 8. The molecular weight excluding hydrogens is 786 g/mol. The number of hydrogen-bond donors (Lipinski definition) is 2. The molecule has 0 spiro atoms. The van der Waals surface area contributed by atoms with E-state index in [0.717, 1.165) is 32.1 Å². The Labute approximate surface area is 377 Å². The standard InChI is InChI=1S/C51H100NO8P/c1-3-5-7-9-11-13-15-17-19-21-23-24-26-28-30-32-34-36-38-40-42-44-51(54)60-49(48-59-61(55,56)58-46-45-52)47-57-50(53)43-41-39-37-35-33-31-29-27-25-22-20-18-16-14-12-10-8-6-4-2/h18,20,49H,3-17,19,21-48,52H2,1-2H3,(H,55,56)/b20-18+/t49-/m1/s1. The van der Waals surface area contributed by atoms with E-state index in [0.29, 0.717) is 6.42 Å². The van der Waals surface area contributed by atoms with E-state index in [-0.39, 0.29) is 38.6 Å². The zero-order chi connectivity index (χ0) is 44.6. The number of nitrogens with two attached hydrogens (primary N) is 1. The van der Waals surface area contributed by atoms with Gasteiger partial charge >= 0.3 is 19.8 Å². The fraction of sp³-hybridized carbons (Fsp3) is 0.922. The topological polar surface area (TPSA) is 134 Å². The predicted octanol–water partition coefficient (Wildman–Crippen LogP) is 15.7. The Morgan fingerprint density at radius 1 is 0.475 bits per heavy atom. The molecular formula is C51H100NO8P. The van der Waals surface area contributed by atoms with E-state index in [4.69, 9.17) is 24.3 Å². The maximum atomic E-state index is 12.7. The van der Waals surface area contributed by atoms with Crippen molar-refractivity contribution in [3.8, 4) is 0 Å². The van der Waals surface area contributed by atoms with Gasteiger partial charge in [-0.15, -0.1) is 0 Å². The van der Waals surface area contributed by atoms with Gasteiger partial charge in [-0.3, -0.25) is 18.6 Å². The summed E-state index contributed by atoms with van der Waals surface area (Å²) in [5, 5.41) is 0. The highest BCUT2D eigenvalue weighted by atomic mass is 31.2. The Morgan fingerprint density at radius 3 is 1.16 bits per heavy atom. The summed E-state index contributed by atoms with van der Waals surface area (Å²) in [6.07, 6.45) is 52.5. The van der Waals surface area contributed by atoms with Crippen molar-refractivity contribution in [3.05, 3.63) is 12.2 Å².